The minimum atomic E-state index is 0.255. The highest BCUT2D eigenvalue weighted by atomic mass is 14.8. The molecule has 4 aromatic rings. The van der Waals surface area contributed by atoms with E-state index in [2.05, 4.69) is 139 Å². The van der Waals surface area contributed by atoms with Crippen LogP contribution in [0.1, 0.15) is 72.9 Å². The fraction of sp³-hybridized carbons (Fsp3) is 0.235. The van der Waals surface area contributed by atoms with Crippen LogP contribution in [0.3, 0.4) is 0 Å². The molecule has 0 saturated heterocycles. The number of hydrogen-bond donors (Lipinski definition) is 0. The van der Waals surface area contributed by atoms with Gasteiger partial charge < -0.3 is 0 Å². The van der Waals surface area contributed by atoms with E-state index >= 15 is 0 Å². The van der Waals surface area contributed by atoms with Crippen molar-refractivity contribution in [2.24, 2.45) is 9.98 Å². The van der Waals surface area contributed by atoms with Crippen LogP contribution in [0.4, 0.5) is 11.4 Å². The molecule has 0 radical (unpaired) electrons. The summed E-state index contributed by atoms with van der Waals surface area (Å²) in [5, 5.41) is 0. The minimum Gasteiger partial charge on any atom is -0.252 e. The van der Waals surface area contributed by atoms with E-state index in [1.165, 1.54) is 33.4 Å². The Morgan fingerprint density at radius 2 is 0.889 bits per heavy atom. The molecular formula is C34H36N2. The second kappa shape index (κ2) is 11.3. The van der Waals surface area contributed by atoms with Crippen LogP contribution in [0.2, 0.25) is 0 Å². The van der Waals surface area contributed by atoms with Crippen LogP contribution < -0.4 is 0 Å². The van der Waals surface area contributed by atoms with Gasteiger partial charge in [0.25, 0.3) is 0 Å². The Bertz CT molecular complexity index is 1270. The lowest BCUT2D eigenvalue weighted by Gasteiger charge is -2.17. The van der Waals surface area contributed by atoms with E-state index in [4.69, 9.17) is 9.98 Å². The van der Waals surface area contributed by atoms with Gasteiger partial charge in [-0.05, 0) is 62.1 Å². The maximum atomic E-state index is 5.08. The number of aliphatic imine (C=N–C) groups is 2. The molecule has 0 fully saturated rings. The van der Waals surface area contributed by atoms with Gasteiger partial charge in [-0.1, -0.05) is 110 Å². The zero-order chi connectivity index (χ0) is 25.7. The molecule has 0 saturated carbocycles. The largest absolute Gasteiger partial charge is 0.252 e. The molecular weight excluding hydrogens is 436 g/mol. The van der Waals surface area contributed by atoms with Gasteiger partial charge in [0.2, 0.25) is 0 Å². The van der Waals surface area contributed by atoms with E-state index in [-0.39, 0.29) is 11.8 Å². The van der Waals surface area contributed by atoms with Crippen molar-refractivity contribution in [2.75, 3.05) is 0 Å². The number of rotatable bonds is 7. The highest BCUT2D eigenvalue weighted by Crippen LogP contribution is 2.34. The van der Waals surface area contributed by atoms with Crippen molar-refractivity contribution in [1.29, 1.82) is 0 Å². The minimum absolute atomic E-state index is 0.255. The smallest absolute Gasteiger partial charge is 0.0671 e. The fourth-order valence-electron chi connectivity index (χ4n) is 4.61. The Balaban J connectivity index is 1.70. The van der Waals surface area contributed by atoms with Crippen LogP contribution in [0, 0.1) is 13.8 Å². The lowest BCUT2D eigenvalue weighted by atomic mass is 9.90. The van der Waals surface area contributed by atoms with E-state index in [1.54, 1.807) is 0 Å². The molecule has 0 bridgehead atoms. The first-order valence-corrected chi connectivity index (χ1v) is 12.8. The summed E-state index contributed by atoms with van der Waals surface area (Å²) in [5.41, 5.74) is 11.4. The van der Waals surface area contributed by atoms with Crippen LogP contribution in [0.5, 0.6) is 0 Å². The standard InChI is InChI=1S/C34H36N2/c1-23-17-19-33(31(21-23)25(3)29-13-9-7-10-14-29)35-27(5)28(6)36-34-20-18-24(2)22-32(34)26(4)30-15-11-8-12-16-30/h7-22,25-26H,1-6H3. The van der Waals surface area contributed by atoms with Crippen LogP contribution in [-0.4, -0.2) is 11.4 Å². The molecule has 2 atom stereocenters. The van der Waals surface area contributed by atoms with Crippen molar-refractivity contribution in [3.8, 4) is 0 Å². The predicted octanol–water partition coefficient (Wildman–Crippen LogP) is 9.49. The zero-order valence-corrected chi connectivity index (χ0v) is 22.3. The lowest BCUT2D eigenvalue weighted by molar-refractivity contribution is 0.919. The van der Waals surface area contributed by atoms with Crippen molar-refractivity contribution in [1.82, 2.24) is 0 Å². The molecule has 0 aromatic heterocycles. The third kappa shape index (κ3) is 5.88. The van der Waals surface area contributed by atoms with Gasteiger partial charge in [0.05, 0.1) is 22.8 Å². The Hall–Kier alpha value is -3.78. The molecule has 0 aliphatic carbocycles. The molecule has 0 aliphatic rings. The number of aryl methyl sites for hydroxylation is 2. The summed E-state index contributed by atoms with van der Waals surface area (Å²) < 4.78 is 0. The van der Waals surface area contributed by atoms with Gasteiger partial charge in [-0.2, -0.15) is 0 Å². The third-order valence-electron chi connectivity index (χ3n) is 7.00. The monoisotopic (exact) mass is 472 g/mol. The topological polar surface area (TPSA) is 24.7 Å². The molecule has 0 amide bonds. The first-order valence-electron chi connectivity index (χ1n) is 12.8. The summed E-state index contributed by atoms with van der Waals surface area (Å²) in [6.45, 7) is 12.9. The average Bonchev–Trinajstić information content (AvgIpc) is 2.90. The van der Waals surface area contributed by atoms with Gasteiger partial charge in [-0.15, -0.1) is 0 Å². The van der Waals surface area contributed by atoms with Gasteiger partial charge in [-0.3, -0.25) is 9.98 Å². The Morgan fingerprint density at radius 1 is 0.528 bits per heavy atom. The van der Waals surface area contributed by atoms with Crippen molar-refractivity contribution in [3.63, 3.8) is 0 Å². The van der Waals surface area contributed by atoms with Crippen molar-refractivity contribution >= 4 is 22.8 Å². The summed E-state index contributed by atoms with van der Waals surface area (Å²) >= 11 is 0. The average molecular weight is 473 g/mol. The molecule has 36 heavy (non-hydrogen) atoms. The normalized spacial score (nSPS) is 13.9. The SMILES string of the molecule is CC(=Nc1ccc(C)cc1C(C)c1ccccc1)C(C)=Nc1ccc(C)cc1C(C)c1ccccc1. The molecule has 4 aromatic carbocycles. The summed E-state index contributed by atoms with van der Waals surface area (Å²) in [7, 11) is 0. The fourth-order valence-corrected chi connectivity index (χ4v) is 4.61. The molecule has 4 rings (SSSR count). The molecule has 0 spiro atoms. The van der Waals surface area contributed by atoms with Gasteiger partial charge in [0.15, 0.2) is 0 Å². The Labute approximate surface area is 216 Å². The van der Waals surface area contributed by atoms with Gasteiger partial charge in [0.1, 0.15) is 0 Å². The van der Waals surface area contributed by atoms with E-state index in [9.17, 15) is 0 Å². The Morgan fingerprint density at radius 3 is 1.25 bits per heavy atom. The third-order valence-corrected chi connectivity index (χ3v) is 7.00. The molecule has 0 N–H and O–H groups in total. The van der Waals surface area contributed by atoms with E-state index < -0.39 is 0 Å². The first kappa shape index (κ1) is 25.3. The maximum Gasteiger partial charge on any atom is 0.0671 e. The second-order valence-electron chi connectivity index (χ2n) is 9.78. The molecule has 2 heteroatoms. The second-order valence-corrected chi connectivity index (χ2v) is 9.78. The quantitative estimate of drug-likeness (QED) is 0.239. The summed E-state index contributed by atoms with van der Waals surface area (Å²) in [5.74, 6) is 0.510. The summed E-state index contributed by atoms with van der Waals surface area (Å²) in [6, 6.07) is 34.3. The van der Waals surface area contributed by atoms with Crippen molar-refractivity contribution in [3.05, 3.63) is 130 Å². The summed E-state index contributed by atoms with van der Waals surface area (Å²) in [4.78, 5) is 10.2. The van der Waals surface area contributed by atoms with Crippen LogP contribution in [0.15, 0.2) is 107 Å². The molecule has 182 valence electrons. The highest BCUT2D eigenvalue weighted by molar-refractivity contribution is 6.41. The molecule has 0 heterocycles. The van der Waals surface area contributed by atoms with Crippen LogP contribution in [0.25, 0.3) is 0 Å². The van der Waals surface area contributed by atoms with Gasteiger partial charge >= 0.3 is 0 Å². The summed E-state index contributed by atoms with van der Waals surface area (Å²) in [6.07, 6.45) is 0. The first-order chi connectivity index (χ1) is 17.3. The molecule has 0 aliphatic heterocycles. The number of nitrogens with zero attached hydrogens (tertiary/aromatic N) is 2. The predicted molar refractivity (Wildman–Crippen MR) is 156 cm³/mol. The van der Waals surface area contributed by atoms with Gasteiger partial charge in [-0.25, -0.2) is 0 Å². The van der Waals surface area contributed by atoms with E-state index in [0.29, 0.717) is 0 Å². The highest BCUT2D eigenvalue weighted by Gasteiger charge is 2.15. The van der Waals surface area contributed by atoms with Crippen LogP contribution >= 0.6 is 0 Å². The van der Waals surface area contributed by atoms with Crippen LogP contribution in [-0.2, 0) is 0 Å². The molecule has 2 unspecified atom stereocenters. The van der Waals surface area contributed by atoms with Crippen molar-refractivity contribution < 1.29 is 0 Å². The zero-order valence-electron chi connectivity index (χ0n) is 22.3. The number of benzene rings is 4. The van der Waals surface area contributed by atoms with E-state index in [1.807, 2.05) is 0 Å². The van der Waals surface area contributed by atoms with E-state index in [0.717, 1.165) is 22.8 Å². The Kier molecular flexibility index (Phi) is 7.95. The maximum absolute atomic E-state index is 5.08. The lowest BCUT2D eigenvalue weighted by Crippen LogP contribution is -2.06. The van der Waals surface area contributed by atoms with Gasteiger partial charge in [0, 0.05) is 11.8 Å². The molecule has 2 nitrogen and oxygen atoms in total. The number of hydrogen-bond acceptors (Lipinski definition) is 2. The van der Waals surface area contributed by atoms with Crippen molar-refractivity contribution in [2.45, 2.75) is 53.4 Å².